The van der Waals surface area contributed by atoms with Crippen LogP contribution in [0.4, 0.5) is 0 Å². The van der Waals surface area contributed by atoms with Gasteiger partial charge in [-0.1, -0.05) is 5.16 Å². The molecule has 0 amide bonds. The fourth-order valence-electron chi connectivity index (χ4n) is 2.54. The smallest absolute Gasteiger partial charge is 0.244 e. The number of rotatable bonds is 4. The summed E-state index contributed by atoms with van der Waals surface area (Å²) in [5, 5.41) is 4.11. The van der Waals surface area contributed by atoms with Crippen molar-refractivity contribution in [3.63, 3.8) is 0 Å². The molecule has 3 N–H and O–H groups in total. The van der Waals surface area contributed by atoms with Gasteiger partial charge in [0.2, 0.25) is 5.89 Å². The molecule has 2 unspecified atom stereocenters. The molecule has 0 aromatic carbocycles. The van der Waals surface area contributed by atoms with Crippen molar-refractivity contribution in [3.05, 3.63) is 29.9 Å². The van der Waals surface area contributed by atoms with Crippen LogP contribution in [0.3, 0.4) is 0 Å². The molecule has 0 aliphatic carbocycles. The summed E-state index contributed by atoms with van der Waals surface area (Å²) in [4.78, 5) is 16.0. The van der Waals surface area contributed by atoms with Crippen LogP contribution in [0.15, 0.2) is 17.0 Å². The van der Waals surface area contributed by atoms with Crippen molar-refractivity contribution in [2.24, 2.45) is 5.73 Å². The number of hydrogen-bond donors (Lipinski definition) is 2. The second kappa shape index (κ2) is 5.92. The molecule has 2 aromatic heterocycles. The lowest BCUT2D eigenvalue weighted by molar-refractivity contribution is 0.108. The number of nitrogens with zero attached hydrogens (tertiary/aromatic N) is 5. The van der Waals surface area contributed by atoms with Crippen LogP contribution in [0.5, 0.6) is 0 Å². The lowest BCUT2D eigenvalue weighted by atomic mass is 10.1. The third kappa shape index (κ3) is 3.12. The highest BCUT2D eigenvalue weighted by molar-refractivity contribution is 5.04. The first-order valence-electron chi connectivity index (χ1n) is 7.08. The molecule has 3 rings (SSSR count). The molecular weight excluding hydrogens is 270 g/mol. The van der Waals surface area contributed by atoms with Gasteiger partial charge in [0, 0.05) is 37.9 Å². The molecule has 2 atom stereocenters. The molecule has 8 heteroatoms. The quantitative estimate of drug-likeness (QED) is 0.814. The maximum Gasteiger partial charge on any atom is 0.244 e. The zero-order valence-electron chi connectivity index (χ0n) is 12.4. The first-order valence-corrected chi connectivity index (χ1v) is 7.08. The zero-order chi connectivity index (χ0) is 14.8. The van der Waals surface area contributed by atoms with Crippen molar-refractivity contribution in [1.82, 2.24) is 29.9 Å². The molecule has 0 bridgehead atoms. The predicted molar refractivity (Wildman–Crippen MR) is 76.4 cm³/mol. The van der Waals surface area contributed by atoms with E-state index in [9.17, 15) is 0 Å². The number of hydrogen-bond acceptors (Lipinski definition) is 7. The molecule has 21 heavy (non-hydrogen) atoms. The first kappa shape index (κ1) is 14.2. The van der Waals surface area contributed by atoms with Crippen LogP contribution in [-0.4, -0.2) is 63.6 Å². The van der Waals surface area contributed by atoms with Gasteiger partial charge in [-0.15, -0.1) is 0 Å². The third-order valence-electron chi connectivity index (χ3n) is 3.92. The number of likely N-dealkylation sites (N-methyl/N-ethyl adjacent to an activating group) is 2. The van der Waals surface area contributed by atoms with Crippen molar-refractivity contribution in [1.29, 1.82) is 0 Å². The lowest BCUT2D eigenvalue weighted by Gasteiger charge is -2.35. The van der Waals surface area contributed by atoms with Gasteiger partial charge in [0.05, 0.1) is 18.4 Å². The van der Waals surface area contributed by atoms with Gasteiger partial charge in [-0.05, 0) is 14.1 Å². The average molecular weight is 291 g/mol. The van der Waals surface area contributed by atoms with Crippen LogP contribution < -0.4 is 5.73 Å². The maximum absolute atomic E-state index is 6.12. The Morgan fingerprint density at radius 1 is 1.48 bits per heavy atom. The molecule has 8 nitrogen and oxygen atoms in total. The highest BCUT2D eigenvalue weighted by Crippen LogP contribution is 2.22. The second-order valence-corrected chi connectivity index (χ2v) is 5.64. The Morgan fingerprint density at radius 3 is 3.10 bits per heavy atom. The summed E-state index contributed by atoms with van der Waals surface area (Å²) in [5.74, 6) is 1.18. The third-order valence-corrected chi connectivity index (χ3v) is 3.92. The Kier molecular flexibility index (Phi) is 4.00. The van der Waals surface area contributed by atoms with Gasteiger partial charge in [0.25, 0.3) is 0 Å². The zero-order valence-corrected chi connectivity index (χ0v) is 12.4. The van der Waals surface area contributed by atoms with Crippen LogP contribution >= 0.6 is 0 Å². The van der Waals surface area contributed by atoms with E-state index in [-0.39, 0.29) is 12.1 Å². The summed E-state index contributed by atoms with van der Waals surface area (Å²) >= 11 is 0. The van der Waals surface area contributed by atoms with Crippen molar-refractivity contribution < 1.29 is 4.52 Å². The highest BCUT2D eigenvalue weighted by Gasteiger charge is 2.28. The minimum Gasteiger partial charge on any atom is -0.348 e. The summed E-state index contributed by atoms with van der Waals surface area (Å²) in [5.41, 5.74) is 7.08. The Morgan fingerprint density at radius 2 is 2.33 bits per heavy atom. The van der Waals surface area contributed by atoms with Gasteiger partial charge >= 0.3 is 0 Å². The molecular formula is C13H21N7O. The van der Waals surface area contributed by atoms with Crippen LogP contribution in [0.2, 0.25) is 0 Å². The van der Waals surface area contributed by atoms with Gasteiger partial charge in [-0.25, -0.2) is 4.98 Å². The van der Waals surface area contributed by atoms with Gasteiger partial charge in [-0.2, -0.15) is 4.98 Å². The van der Waals surface area contributed by atoms with E-state index in [1.165, 1.54) is 0 Å². The largest absolute Gasteiger partial charge is 0.348 e. The summed E-state index contributed by atoms with van der Waals surface area (Å²) in [7, 11) is 4.18. The molecule has 114 valence electrons. The Labute approximate surface area is 123 Å². The minimum absolute atomic E-state index is 0.153. The van der Waals surface area contributed by atoms with Crippen molar-refractivity contribution in [2.45, 2.75) is 18.5 Å². The lowest BCUT2D eigenvalue weighted by Crippen LogP contribution is -2.45. The van der Waals surface area contributed by atoms with E-state index in [0.717, 1.165) is 25.3 Å². The molecule has 0 radical (unpaired) electrons. The van der Waals surface area contributed by atoms with Crippen LogP contribution in [0, 0.1) is 0 Å². The molecule has 0 spiro atoms. The van der Waals surface area contributed by atoms with E-state index in [1.54, 1.807) is 12.5 Å². The Hall–Kier alpha value is -1.77. The number of H-pyrrole nitrogens is 1. The molecule has 2 aromatic rings. The minimum atomic E-state index is -0.321. The van der Waals surface area contributed by atoms with Crippen molar-refractivity contribution >= 4 is 0 Å². The van der Waals surface area contributed by atoms with Crippen LogP contribution in [-0.2, 0) is 6.42 Å². The molecule has 1 fully saturated rings. The fraction of sp³-hybridized carbons (Fsp3) is 0.615. The molecule has 3 heterocycles. The summed E-state index contributed by atoms with van der Waals surface area (Å²) in [6.45, 7) is 2.94. The summed E-state index contributed by atoms with van der Waals surface area (Å²) < 4.78 is 5.35. The topological polar surface area (TPSA) is 100 Å². The van der Waals surface area contributed by atoms with Gasteiger partial charge in [-0.3, -0.25) is 4.90 Å². The normalized spacial score (nSPS) is 22.5. The number of imidazole rings is 1. The predicted octanol–water partition coefficient (Wildman–Crippen LogP) is -0.0465. The van der Waals surface area contributed by atoms with Gasteiger partial charge < -0.3 is 20.1 Å². The number of nitrogens with one attached hydrogen (secondary N) is 1. The number of aromatic nitrogens is 4. The van der Waals surface area contributed by atoms with E-state index >= 15 is 0 Å². The molecule has 0 saturated carbocycles. The molecule has 1 aliphatic rings. The number of nitrogens with two attached hydrogens (primary N) is 1. The van der Waals surface area contributed by atoms with E-state index in [0.29, 0.717) is 18.1 Å². The molecule has 1 aliphatic heterocycles. The number of piperazine rings is 1. The van der Waals surface area contributed by atoms with Crippen molar-refractivity contribution in [3.8, 4) is 0 Å². The second-order valence-electron chi connectivity index (χ2n) is 5.64. The van der Waals surface area contributed by atoms with E-state index in [4.69, 9.17) is 10.3 Å². The summed E-state index contributed by atoms with van der Waals surface area (Å²) in [6.07, 6.45) is 3.98. The monoisotopic (exact) mass is 291 g/mol. The maximum atomic E-state index is 6.12. The standard InChI is InChI=1S/C13H21N7O/c1-19-3-4-20(2)11(7-19)12-17-13(21-18-12)10(14)5-9-6-15-8-16-9/h6,8,10-11H,3-5,7,14H2,1-2H3,(H,15,16). The van der Waals surface area contributed by atoms with Crippen LogP contribution in [0.1, 0.15) is 29.5 Å². The fourth-order valence-corrected chi connectivity index (χ4v) is 2.54. The number of aromatic amines is 1. The average Bonchev–Trinajstić information content (AvgIpc) is 3.12. The van der Waals surface area contributed by atoms with Gasteiger partial charge in [0.15, 0.2) is 5.82 Å². The van der Waals surface area contributed by atoms with Crippen molar-refractivity contribution in [2.75, 3.05) is 33.7 Å². The Bertz CT molecular complexity index is 567. The Balaban J connectivity index is 1.70. The summed E-state index contributed by atoms with van der Waals surface area (Å²) in [6, 6.07) is -0.168. The van der Waals surface area contributed by atoms with Crippen LogP contribution in [0.25, 0.3) is 0 Å². The van der Waals surface area contributed by atoms with E-state index in [1.807, 2.05) is 0 Å². The van der Waals surface area contributed by atoms with Gasteiger partial charge in [0.1, 0.15) is 0 Å². The highest BCUT2D eigenvalue weighted by atomic mass is 16.5. The van der Waals surface area contributed by atoms with E-state index in [2.05, 4.69) is 44.0 Å². The SMILES string of the molecule is CN1CCN(C)C(c2noc(C(N)Cc3cnc[nH]3)n2)C1. The molecule has 1 saturated heterocycles. The van der Waals surface area contributed by atoms with E-state index < -0.39 is 0 Å². The first-order chi connectivity index (χ1) is 10.1.